The van der Waals surface area contributed by atoms with E-state index in [4.69, 9.17) is 4.74 Å². The van der Waals surface area contributed by atoms with Gasteiger partial charge in [0.25, 0.3) is 0 Å². The quantitative estimate of drug-likeness (QED) is 0.792. The summed E-state index contributed by atoms with van der Waals surface area (Å²) in [5, 5.41) is 4.32. The largest absolute Gasteiger partial charge is 0.492 e. The van der Waals surface area contributed by atoms with Crippen molar-refractivity contribution < 1.29 is 9.53 Å². The molecule has 2 heterocycles. The molecule has 0 N–H and O–H groups in total. The number of hydrogen-bond donors (Lipinski definition) is 0. The van der Waals surface area contributed by atoms with E-state index in [0.717, 1.165) is 23.4 Å². The van der Waals surface area contributed by atoms with Crippen LogP contribution in [-0.4, -0.2) is 22.2 Å². The summed E-state index contributed by atoms with van der Waals surface area (Å²) in [4.78, 5) is 12.7. The molecule has 3 rings (SSSR count). The molecular formula is C15H16N2O2. The van der Waals surface area contributed by atoms with Crippen LogP contribution in [0.5, 0.6) is 5.75 Å². The SMILES string of the molecule is CCn1nc(C)cc1C(=O)c1cccc2c1OCC2. The molecule has 1 aromatic carbocycles. The number of aryl methyl sites for hydroxylation is 2. The minimum absolute atomic E-state index is 0.0128. The fourth-order valence-electron chi connectivity index (χ4n) is 2.50. The third-order valence-electron chi connectivity index (χ3n) is 3.39. The summed E-state index contributed by atoms with van der Waals surface area (Å²) in [6.07, 6.45) is 0.878. The Bertz CT molecular complexity index is 644. The van der Waals surface area contributed by atoms with Crippen molar-refractivity contribution in [3.8, 4) is 5.75 Å². The van der Waals surface area contributed by atoms with Gasteiger partial charge in [0.05, 0.1) is 17.9 Å². The van der Waals surface area contributed by atoms with Crippen LogP contribution in [0.1, 0.15) is 34.2 Å². The van der Waals surface area contributed by atoms with Crippen molar-refractivity contribution in [1.82, 2.24) is 9.78 Å². The number of aromatic nitrogens is 2. The van der Waals surface area contributed by atoms with Crippen LogP contribution in [0.15, 0.2) is 24.3 Å². The van der Waals surface area contributed by atoms with Crippen molar-refractivity contribution in [2.24, 2.45) is 0 Å². The van der Waals surface area contributed by atoms with E-state index >= 15 is 0 Å². The molecule has 0 saturated carbocycles. The van der Waals surface area contributed by atoms with Gasteiger partial charge in [-0.3, -0.25) is 9.48 Å². The highest BCUT2D eigenvalue weighted by Crippen LogP contribution is 2.31. The first-order chi connectivity index (χ1) is 9.20. The Balaban J connectivity index is 2.07. The van der Waals surface area contributed by atoms with E-state index in [-0.39, 0.29) is 5.78 Å². The Kier molecular flexibility index (Phi) is 2.85. The predicted molar refractivity (Wildman–Crippen MR) is 71.7 cm³/mol. The summed E-state index contributed by atoms with van der Waals surface area (Å²) < 4.78 is 7.34. The predicted octanol–water partition coefficient (Wildman–Crippen LogP) is 2.38. The number of para-hydroxylation sites is 1. The normalized spacial score (nSPS) is 13.2. The maximum absolute atomic E-state index is 12.7. The van der Waals surface area contributed by atoms with Crippen molar-refractivity contribution >= 4 is 5.78 Å². The van der Waals surface area contributed by atoms with Crippen molar-refractivity contribution in [3.63, 3.8) is 0 Å². The summed E-state index contributed by atoms with van der Waals surface area (Å²) in [6, 6.07) is 7.59. The zero-order valence-corrected chi connectivity index (χ0v) is 11.1. The lowest BCUT2D eigenvalue weighted by Gasteiger charge is -2.08. The molecule has 0 aliphatic carbocycles. The first-order valence-electron chi connectivity index (χ1n) is 6.54. The van der Waals surface area contributed by atoms with Gasteiger partial charge in [-0.25, -0.2) is 0 Å². The minimum atomic E-state index is -0.0128. The van der Waals surface area contributed by atoms with Crippen molar-refractivity contribution in [3.05, 3.63) is 46.8 Å². The molecule has 0 radical (unpaired) electrons. The number of carbonyl (C=O) groups is 1. The number of ether oxygens (including phenoxy) is 1. The van der Waals surface area contributed by atoms with E-state index in [2.05, 4.69) is 5.10 Å². The van der Waals surface area contributed by atoms with Gasteiger partial charge in [-0.2, -0.15) is 5.10 Å². The second-order valence-corrected chi connectivity index (χ2v) is 4.71. The Morgan fingerprint density at radius 1 is 1.47 bits per heavy atom. The molecule has 2 aromatic rings. The number of rotatable bonds is 3. The second-order valence-electron chi connectivity index (χ2n) is 4.71. The van der Waals surface area contributed by atoms with E-state index in [1.807, 2.05) is 38.1 Å². The summed E-state index contributed by atoms with van der Waals surface area (Å²) >= 11 is 0. The lowest BCUT2D eigenvalue weighted by atomic mass is 10.0. The smallest absolute Gasteiger partial charge is 0.214 e. The van der Waals surface area contributed by atoms with Crippen LogP contribution < -0.4 is 4.74 Å². The highest BCUT2D eigenvalue weighted by molar-refractivity contribution is 6.10. The number of nitrogens with zero attached hydrogens (tertiary/aromatic N) is 2. The summed E-state index contributed by atoms with van der Waals surface area (Å²) in [5.41, 5.74) is 3.25. The Labute approximate surface area is 112 Å². The Morgan fingerprint density at radius 2 is 2.32 bits per heavy atom. The third-order valence-corrected chi connectivity index (χ3v) is 3.39. The van der Waals surface area contributed by atoms with Crippen molar-refractivity contribution in [2.45, 2.75) is 26.8 Å². The number of carbonyl (C=O) groups excluding carboxylic acids is 1. The maximum Gasteiger partial charge on any atom is 0.214 e. The van der Waals surface area contributed by atoms with E-state index in [9.17, 15) is 4.79 Å². The highest BCUT2D eigenvalue weighted by atomic mass is 16.5. The third kappa shape index (κ3) is 1.93. The summed E-state index contributed by atoms with van der Waals surface area (Å²) in [7, 11) is 0. The van der Waals surface area contributed by atoms with Crippen LogP contribution in [0, 0.1) is 6.92 Å². The van der Waals surface area contributed by atoms with Gasteiger partial charge in [0.15, 0.2) is 0 Å². The molecule has 1 aromatic heterocycles. The van der Waals surface area contributed by atoms with Gasteiger partial charge in [-0.15, -0.1) is 0 Å². The molecule has 0 bridgehead atoms. The molecule has 0 fully saturated rings. The van der Waals surface area contributed by atoms with Crippen LogP contribution in [0.25, 0.3) is 0 Å². The molecule has 4 heteroatoms. The fourth-order valence-corrected chi connectivity index (χ4v) is 2.50. The first-order valence-corrected chi connectivity index (χ1v) is 6.54. The van der Waals surface area contributed by atoms with E-state index < -0.39 is 0 Å². The van der Waals surface area contributed by atoms with Crippen LogP contribution in [0.2, 0.25) is 0 Å². The van der Waals surface area contributed by atoms with Crippen molar-refractivity contribution in [2.75, 3.05) is 6.61 Å². The number of ketones is 1. The fraction of sp³-hybridized carbons (Fsp3) is 0.333. The van der Waals surface area contributed by atoms with Gasteiger partial charge >= 0.3 is 0 Å². The first kappa shape index (κ1) is 12.0. The monoisotopic (exact) mass is 256 g/mol. The molecule has 0 atom stereocenters. The van der Waals surface area contributed by atoms with Gasteiger partial charge in [-0.05, 0) is 31.5 Å². The van der Waals surface area contributed by atoms with Gasteiger partial charge in [0, 0.05) is 13.0 Å². The maximum atomic E-state index is 12.7. The molecule has 0 saturated heterocycles. The lowest BCUT2D eigenvalue weighted by molar-refractivity contribution is 0.102. The Hall–Kier alpha value is -2.10. The zero-order valence-electron chi connectivity index (χ0n) is 11.1. The standard InChI is InChI=1S/C15H16N2O2/c1-3-17-13(9-10(2)16-17)14(18)12-6-4-5-11-7-8-19-15(11)12/h4-6,9H,3,7-8H2,1-2H3. The molecule has 4 nitrogen and oxygen atoms in total. The highest BCUT2D eigenvalue weighted by Gasteiger charge is 2.23. The van der Waals surface area contributed by atoms with Crippen molar-refractivity contribution in [1.29, 1.82) is 0 Å². The van der Waals surface area contributed by atoms with Gasteiger partial charge in [0.2, 0.25) is 5.78 Å². The lowest BCUT2D eigenvalue weighted by Crippen LogP contribution is -2.11. The second kappa shape index (κ2) is 4.53. The molecule has 0 spiro atoms. The van der Waals surface area contributed by atoms with E-state index in [1.165, 1.54) is 0 Å². The van der Waals surface area contributed by atoms with Gasteiger partial charge < -0.3 is 4.74 Å². The topological polar surface area (TPSA) is 44.1 Å². The molecule has 19 heavy (non-hydrogen) atoms. The van der Waals surface area contributed by atoms with Crippen LogP contribution in [-0.2, 0) is 13.0 Å². The molecule has 1 aliphatic heterocycles. The summed E-state index contributed by atoms with van der Waals surface area (Å²) in [5.74, 6) is 0.732. The van der Waals surface area contributed by atoms with E-state index in [0.29, 0.717) is 24.4 Å². The average Bonchev–Trinajstić information content (AvgIpc) is 3.03. The van der Waals surface area contributed by atoms with Gasteiger partial charge in [-0.1, -0.05) is 12.1 Å². The molecular weight excluding hydrogens is 240 g/mol. The number of fused-ring (bicyclic) bond motifs is 1. The van der Waals surface area contributed by atoms with Crippen LogP contribution in [0.4, 0.5) is 0 Å². The van der Waals surface area contributed by atoms with Crippen LogP contribution in [0.3, 0.4) is 0 Å². The molecule has 0 amide bonds. The van der Waals surface area contributed by atoms with Gasteiger partial charge in [0.1, 0.15) is 11.4 Å². The molecule has 1 aliphatic rings. The van der Waals surface area contributed by atoms with Crippen LogP contribution >= 0.6 is 0 Å². The van der Waals surface area contributed by atoms with E-state index in [1.54, 1.807) is 4.68 Å². The minimum Gasteiger partial charge on any atom is -0.492 e. The zero-order chi connectivity index (χ0) is 13.4. The average molecular weight is 256 g/mol. The Morgan fingerprint density at radius 3 is 3.11 bits per heavy atom. The number of hydrogen-bond acceptors (Lipinski definition) is 3. The number of benzene rings is 1. The molecule has 98 valence electrons. The molecule has 0 unspecified atom stereocenters. The summed E-state index contributed by atoms with van der Waals surface area (Å²) in [6.45, 7) is 5.22.